The molecule has 2 heterocycles. The van der Waals surface area contributed by atoms with Crippen molar-refractivity contribution in [1.29, 1.82) is 0 Å². The van der Waals surface area contributed by atoms with Crippen LogP contribution in [0, 0.1) is 20.8 Å². The minimum atomic E-state index is 0. The number of rotatable bonds is 7. The summed E-state index contributed by atoms with van der Waals surface area (Å²) in [5.74, 6) is 0.834. The Bertz CT molecular complexity index is 631. The lowest BCUT2D eigenvalue weighted by molar-refractivity contribution is 0.691. The van der Waals surface area contributed by atoms with Gasteiger partial charge in [0.05, 0.1) is 17.2 Å². The molecule has 2 aromatic heterocycles. The molecule has 0 bridgehead atoms. The molecule has 2 N–H and O–H groups in total. The SMILES string of the molecule is CN=C(NCCCCc1nc(C)cs1)NCc1nc(C)c(C)s1.I. The summed E-state index contributed by atoms with van der Waals surface area (Å²) in [6.45, 7) is 7.83. The first-order chi connectivity index (χ1) is 11.1. The predicted molar refractivity (Wildman–Crippen MR) is 115 cm³/mol. The van der Waals surface area contributed by atoms with Crippen molar-refractivity contribution < 1.29 is 0 Å². The Kier molecular flexibility index (Phi) is 9.75. The number of nitrogens with zero attached hydrogens (tertiary/aromatic N) is 3. The van der Waals surface area contributed by atoms with Gasteiger partial charge in [0.15, 0.2) is 5.96 Å². The zero-order valence-corrected chi connectivity index (χ0v) is 18.6. The van der Waals surface area contributed by atoms with Crippen LogP contribution >= 0.6 is 46.7 Å². The number of halogens is 1. The molecule has 0 aliphatic carbocycles. The summed E-state index contributed by atoms with van der Waals surface area (Å²) >= 11 is 3.49. The fourth-order valence-corrected chi connectivity index (χ4v) is 3.81. The first kappa shape index (κ1) is 21.3. The molecule has 0 unspecified atom stereocenters. The minimum Gasteiger partial charge on any atom is -0.356 e. The van der Waals surface area contributed by atoms with Gasteiger partial charge in [-0.1, -0.05) is 0 Å². The van der Waals surface area contributed by atoms with Gasteiger partial charge in [0.25, 0.3) is 0 Å². The number of hydrogen-bond donors (Lipinski definition) is 2. The Labute approximate surface area is 169 Å². The number of aliphatic imine (C=N–C) groups is 1. The fraction of sp³-hybridized carbons (Fsp3) is 0.562. The van der Waals surface area contributed by atoms with E-state index >= 15 is 0 Å². The van der Waals surface area contributed by atoms with Gasteiger partial charge in [-0.05, 0) is 40.0 Å². The molecular formula is C16H26IN5S2. The summed E-state index contributed by atoms with van der Waals surface area (Å²) in [5.41, 5.74) is 2.24. The maximum absolute atomic E-state index is 4.53. The van der Waals surface area contributed by atoms with Crippen molar-refractivity contribution in [2.24, 2.45) is 4.99 Å². The van der Waals surface area contributed by atoms with Crippen molar-refractivity contribution in [3.05, 3.63) is 31.7 Å². The van der Waals surface area contributed by atoms with Crippen LogP contribution in [0.3, 0.4) is 0 Å². The van der Waals surface area contributed by atoms with Crippen molar-refractivity contribution in [3.8, 4) is 0 Å². The van der Waals surface area contributed by atoms with Crippen LogP contribution < -0.4 is 10.6 Å². The average molecular weight is 479 g/mol. The highest BCUT2D eigenvalue weighted by molar-refractivity contribution is 14.0. The molecule has 0 saturated heterocycles. The van der Waals surface area contributed by atoms with E-state index in [2.05, 4.69) is 37.9 Å². The molecule has 24 heavy (non-hydrogen) atoms. The molecule has 0 spiro atoms. The van der Waals surface area contributed by atoms with Crippen LogP contribution in [-0.4, -0.2) is 29.5 Å². The monoisotopic (exact) mass is 479 g/mol. The van der Waals surface area contributed by atoms with Crippen molar-refractivity contribution in [3.63, 3.8) is 0 Å². The molecule has 5 nitrogen and oxygen atoms in total. The van der Waals surface area contributed by atoms with Gasteiger partial charge >= 0.3 is 0 Å². The van der Waals surface area contributed by atoms with Crippen LogP contribution in [0.5, 0.6) is 0 Å². The van der Waals surface area contributed by atoms with Gasteiger partial charge in [-0.2, -0.15) is 0 Å². The second-order valence-corrected chi connectivity index (χ2v) is 7.67. The Morgan fingerprint density at radius 3 is 2.50 bits per heavy atom. The van der Waals surface area contributed by atoms with E-state index < -0.39 is 0 Å². The lowest BCUT2D eigenvalue weighted by Crippen LogP contribution is -2.37. The number of aromatic nitrogens is 2. The van der Waals surface area contributed by atoms with E-state index in [0.29, 0.717) is 0 Å². The van der Waals surface area contributed by atoms with Gasteiger partial charge in [-0.3, -0.25) is 4.99 Å². The van der Waals surface area contributed by atoms with Gasteiger partial charge in [-0.25, -0.2) is 9.97 Å². The summed E-state index contributed by atoms with van der Waals surface area (Å²) in [4.78, 5) is 14.5. The lowest BCUT2D eigenvalue weighted by atomic mass is 10.2. The highest BCUT2D eigenvalue weighted by atomic mass is 127. The third-order valence-electron chi connectivity index (χ3n) is 3.48. The lowest BCUT2D eigenvalue weighted by Gasteiger charge is -2.10. The molecule has 2 rings (SSSR count). The molecule has 0 aliphatic rings. The second-order valence-electron chi connectivity index (χ2n) is 5.44. The first-order valence-electron chi connectivity index (χ1n) is 7.87. The van der Waals surface area contributed by atoms with Crippen LogP contribution in [0.15, 0.2) is 10.4 Å². The van der Waals surface area contributed by atoms with Gasteiger partial charge in [0.2, 0.25) is 0 Å². The summed E-state index contributed by atoms with van der Waals surface area (Å²) in [7, 11) is 1.80. The van der Waals surface area contributed by atoms with Crippen LogP contribution in [0.2, 0.25) is 0 Å². The zero-order chi connectivity index (χ0) is 16.7. The third-order valence-corrected chi connectivity index (χ3v) is 5.58. The smallest absolute Gasteiger partial charge is 0.191 e. The standard InChI is InChI=1S/C16H25N5S2.HI/c1-11-10-22-14(20-11)7-5-6-8-18-16(17-4)19-9-15-21-12(2)13(3)23-15;/h10H,5-9H2,1-4H3,(H2,17,18,19);1H. The normalized spacial score (nSPS) is 11.2. The first-order valence-corrected chi connectivity index (χ1v) is 9.56. The molecule has 0 aromatic carbocycles. The topological polar surface area (TPSA) is 62.2 Å². The molecular weight excluding hydrogens is 453 g/mol. The molecule has 134 valence electrons. The van der Waals surface area contributed by atoms with Crippen molar-refractivity contribution in [2.45, 2.75) is 46.6 Å². The third kappa shape index (κ3) is 7.02. The van der Waals surface area contributed by atoms with Crippen LogP contribution in [-0.2, 0) is 13.0 Å². The molecule has 0 amide bonds. The number of aryl methyl sites for hydroxylation is 4. The maximum atomic E-state index is 4.53. The number of nitrogens with one attached hydrogen (secondary N) is 2. The quantitative estimate of drug-likeness (QED) is 0.274. The molecule has 2 aromatic rings. The van der Waals surface area contributed by atoms with E-state index in [4.69, 9.17) is 0 Å². The van der Waals surface area contributed by atoms with Crippen LogP contribution in [0.4, 0.5) is 0 Å². The maximum Gasteiger partial charge on any atom is 0.191 e. The van der Waals surface area contributed by atoms with Crippen LogP contribution in [0.25, 0.3) is 0 Å². The highest BCUT2D eigenvalue weighted by Gasteiger charge is 2.04. The Balaban J connectivity index is 0.00000288. The number of hydrogen-bond acceptors (Lipinski definition) is 5. The predicted octanol–water partition coefficient (Wildman–Crippen LogP) is 3.83. The van der Waals surface area contributed by atoms with Gasteiger partial charge < -0.3 is 10.6 Å². The van der Waals surface area contributed by atoms with Gasteiger partial charge in [0.1, 0.15) is 5.01 Å². The van der Waals surface area contributed by atoms with E-state index in [9.17, 15) is 0 Å². The van der Waals surface area contributed by atoms with Crippen molar-refractivity contribution in [2.75, 3.05) is 13.6 Å². The Morgan fingerprint density at radius 2 is 1.92 bits per heavy atom. The van der Waals surface area contributed by atoms with Gasteiger partial charge in [0, 0.05) is 29.5 Å². The number of unbranched alkanes of at least 4 members (excludes halogenated alkanes) is 1. The fourth-order valence-electron chi connectivity index (χ4n) is 2.12. The summed E-state index contributed by atoms with van der Waals surface area (Å²) in [6, 6.07) is 0. The molecule has 0 fully saturated rings. The Hall–Kier alpha value is -0.740. The zero-order valence-electron chi connectivity index (χ0n) is 14.7. The summed E-state index contributed by atoms with van der Waals surface area (Å²) in [5, 5.41) is 11.1. The minimum absolute atomic E-state index is 0. The highest BCUT2D eigenvalue weighted by Crippen LogP contribution is 2.15. The summed E-state index contributed by atoms with van der Waals surface area (Å²) < 4.78 is 0. The number of guanidine groups is 1. The van der Waals surface area contributed by atoms with E-state index in [1.165, 1.54) is 9.88 Å². The molecule has 0 radical (unpaired) electrons. The van der Waals surface area contributed by atoms with Crippen molar-refractivity contribution >= 4 is 52.6 Å². The second kappa shape index (κ2) is 11.0. The van der Waals surface area contributed by atoms with Gasteiger partial charge in [-0.15, -0.1) is 46.7 Å². The van der Waals surface area contributed by atoms with E-state index in [1.807, 2.05) is 13.8 Å². The van der Waals surface area contributed by atoms with E-state index in [-0.39, 0.29) is 24.0 Å². The van der Waals surface area contributed by atoms with E-state index in [0.717, 1.165) is 54.7 Å². The molecule has 8 heteroatoms. The van der Waals surface area contributed by atoms with Crippen molar-refractivity contribution in [1.82, 2.24) is 20.6 Å². The molecule has 0 atom stereocenters. The average Bonchev–Trinajstić information content (AvgIpc) is 3.08. The van der Waals surface area contributed by atoms with Crippen LogP contribution in [0.1, 0.15) is 39.1 Å². The molecule has 0 aliphatic heterocycles. The largest absolute Gasteiger partial charge is 0.356 e. The summed E-state index contributed by atoms with van der Waals surface area (Å²) in [6.07, 6.45) is 3.31. The van der Waals surface area contributed by atoms with E-state index in [1.54, 1.807) is 29.7 Å². The molecule has 0 saturated carbocycles. The Morgan fingerprint density at radius 1 is 1.12 bits per heavy atom. The number of thiazole rings is 2.